The number of halogens is 5. The van der Waals surface area contributed by atoms with Crippen molar-refractivity contribution in [2.24, 2.45) is 0 Å². The molecule has 0 heterocycles. The van der Waals surface area contributed by atoms with E-state index >= 15 is 0 Å². The second kappa shape index (κ2) is 11.0. The molecule has 0 saturated carbocycles. The highest BCUT2D eigenvalue weighted by molar-refractivity contribution is 9.10. The maximum atomic E-state index is 13.3. The molecule has 0 radical (unpaired) electrons. The summed E-state index contributed by atoms with van der Waals surface area (Å²) in [5.41, 5.74) is -0.977. The average molecular weight is 585 g/mol. The Hall–Kier alpha value is -2.31. The quantitative estimate of drug-likeness (QED) is 0.507. The molecular weight excluding hydrogens is 563 g/mol. The van der Waals surface area contributed by atoms with Gasteiger partial charge in [-0.2, -0.15) is 13.2 Å². The summed E-state index contributed by atoms with van der Waals surface area (Å²) in [5.74, 6) is -1.29. The number of nitrogens with zero attached hydrogens (tertiary/aromatic N) is 2. The molecule has 0 saturated heterocycles. The largest absolute Gasteiger partial charge is 0.417 e. The number of anilines is 1. The number of amides is 2. The van der Waals surface area contributed by atoms with Crippen LogP contribution < -0.4 is 9.62 Å². The Morgan fingerprint density at radius 3 is 2.35 bits per heavy atom. The van der Waals surface area contributed by atoms with Crippen molar-refractivity contribution in [2.75, 3.05) is 24.2 Å². The van der Waals surface area contributed by atoms with Crippen LogP contribution in [-0.4, -0.2) is 51.0 Å². The van der Waals surface area contributed by atoms with E-state index in [0.29, 0.717) is 15.9 Å². The number of alkyl halides is 3. The molecule has 34 heavy (non-hydrogen) atoms. The fourth-order valence-corrected chi connectivity index (χ4v) is 4.64. The number of sulfonamides is 1. The summed E-state index contributed by atoms with van der Waals surface area (Å²) in [6.45, 7) is 0.593. The third kappa shape index (κ3) is 7.09. The molecule has 0 aliphatic carbocycles. The Morgan fingerprint density at radius 2 is 1.82 bits per heavy atom. The molecule has 0 spiro atoms. The molecule has 0 fully saturated rings. The molecule has 0 aliphatic rings. The van der Waals surface area contributed by atoms with Crippen LogP contribution in [0.15, 0.2) is 46.9 Å². The normalized spacial score (nSPS) is 12.7. The van der Waals surface area contributed by atoms with Crippen molar-refractivity contribution in [1.29, 1.82) is 0 Å². The van der Waals surface area contributed by atoms with Crippen LogP contribution in [0.3, 0.4) is 0 Å². The molecule has 0 unspecified atom stereocenters. The van der Waals surface area contributed by atoms with Crippen LogP contribution in [0.5, 0.6) is 0 Å². The maximum absolute atomic E-state index is 13.3. The molecule has 2 amide bonds. The second-order valence-corrected chi connectivity index (χ2v) is 10.6. The van der Waals surface area contributed by atoms with E-state index in [1.807, 2.05) is 0 Å². The van der Waals surface area contributed by atoms with Gasteiger partial charge >= 0.3 is 6.18 Å². The summed E-state index contributed by atoms with van der Waals surface area (Å²) in [4.78, 5) is 26.7. The molecule has 2 aromatic carbocycles. The molecule has 1 atom stereocenters. The molecule has 0 aliphatic heterocycles. The van der Waals surface area contributed by atoms with Crippen LogP contribution in [0.1, 0.15) is 18.1 Å². The van der Waals surface area contributed by atoms with Crippen LogP contribution in [0, 0.1) is 0 Å². The zero-order valence-electron chi connectivity index (χ0n) is 18.4. The van der Waals surface area contributed by atoms with Gasteiger partial charge in [0.2, 0.25) is 21.8 Å². The minimum Gasteiger partial charge on any atom is -0.357 e. The van der Waals surface area contributed by atoms with E-state index in [2.05, 4.69) is 21.2 Å². The molecule has 1 N–H and O–H groups in total. The lowest BCUT2D eigenvalue weighted by molar-refractivity contribution is -0.139. The highest BCUT2D eigenvalue weighted by atomic mass is 79.9. The number of benzene rings is 2. The maximum Gasteiger partial charge on any atom is 0.417 e. The summed E-state index contributed by atoms with van der Waals surface area (Å²) in [6, 6.07) is 8.49. The van der Waals surface area contributed by atoms with Crippen molar-refractivity contribution in [3.8, 4) is 0 Å². The van der Waals surface area contributed by atoms with E-state index in [4.69, 9.17) is 11.6 Å². The zero-order chi connectivity index (χ0) is 25.8. The van der Waals surface area contributed by atoms with Gasteiger partial charge < -0.3 is 10.2 Å². The third-order valence-electron chi connectivity index (χ3n) is 4.88. The summed E-state index contributed by atoms with van der Waals surface area (Å²) in [6.07, 6.45) is -4.07. The lowest BCUT2D eigenvalue weighted by Crippen LogP contribution is -2.50. The van der Waals surface area contributed by atoms with E-state index < -0.39 is 51.2 Å². The van der Waals surface area contributed by atoms with Crippen molar-refractivity contribution >= 4 is 55.1 Å². The number of carbonyl (C=O) groups is 2. The molecule has 2 rings (SSSR count). The van der Waals surface area contributed by atoms with Gasteiger partial charge in [-0.25, -0.2) is 8.42 Å². The molecule has 2 aromatic rings. The van der Waals surface area contributed by atoms with Crippen molar-refractivity contribution < 1.29 is 31.2 Å². The van der Waals surface area contributed by atoms with E-state index in [0.717, 1.165) is 27.8 Å². The van der Waals surface area contributed by atoms with Crippen LogP contribution in [0.4, 0.5) is 18.9 Å². The Morgan fingerprint density at radius 1 is 1.18 bits per heavy atom. The van der Waals surface area contributed by atoms with Gasteiger partial charge in [-0.05, 0) is 42.8 Å². The van der Waals surface area contributed by atoms with Crippen LogP contribution >= 0.6 is 27.5 Å². The number of rotatable bonds is 8. The van der Waals surface area contributed by atoms with Crippen molar-refractivity contribution in [3.05, 3.63) is 63.1 Å². The van der Waals surface area contributed by atoms with Gasteiger partial charge in [-0.15, -0.1) is 0 Å². The van der Waals surface area contributed by atoms with Crippen LogP contribution in [0.25, 0.3) is 0 Å². The number of carbonyl (C=O) groups excluding carboxylic acids is 2. The third-order valence-corrected chi connectivity index (χ3v) is 6.84. The molecule has 13 heteroatoms. The fraction of sp³-hybridized carbons (Fsp3) is 0.333. The van der Waals surface area contributed by atoms with Gasteiger partial charge in [-0.3, -0.25) is 13.9 Å². The number of hydrogen-bond acceptors (Lipinski definition) is 4. The summed E-state index contributed by atoms with van der Waals surface area (Å²) in [5, 5.41) is 1.82. The SMILES string of the molecule is CNC(=O)[C@H](C)N(Cc1cccc(Br)c1)C(=O)CN(c1ccc(Cl)c(C(F)(F)F)c1)S(C)(=O)=O. The zero-order valence-corrected chi connectivity index (χ0v) is 21.5. The van der Waals surface area contributed by atoms with E-state index in [-0.39, 0.29) is 12.2 Å². The predicted octanol–water partition coefficient (Wildman–Crippen LogP) is 4.05. The smallest absolute Gasteiger partial charge is 0.357 e. The number of likely N-dealkylation sites (N-methyl/N-ethyl adjacent to an activating group) is 1. The minimum atomic E-state index is -4.83. The standard InChI is InChI=1S/C21H22BrClF3N3O4S/c1-13(20(31)27-2)28(11-14-5-4-6-15(22)9-14)19(30)12-29(34(3,32)33)16-7-8-18(23)17(10-16)21(24,25)26/h4-10,13H,11-12H2,1-3H3,(H,27,31)/t13-/m0/s1. The topological polar surface area (TPSA) is 86.8 Å². The van der Waals surface area contributed by atoms with Crippen molar-refractivity contribution in [3.63, 3.8) is 0 Å². The molecule has 7 nitrogen and oxygen atoms in total. The van der Waals surface area contributed by atoms with Crippen molar-refractivity contribution in [2.45, 2.75) is 25.7 Å². The molecule has 0 bridgehead atoms. The van der Waals surface area contributed by atoms with E-state index in [1.54, 1.807) is 24.3 Å². The van der Waals surface area contributed by atoms with Gasteiger partial charge in [0.1, 0.15) is 12.6 Å². The summed E-state index contributed by atoms with van der Waals surface area (Å²) >= 11 is 8.96. The van der Waals surface area contributed by atoms with E-state index in [9.17, 15) is 31.2 Å². The van der Waals surface area contributed by atoms with Gasteiger partial charge in [0, 0.05) is 18.1 Å². The number of nitrogens with one attached hydrogen (secondary N) is 1. The number of hydrogen-bond donors (Lipinski definition) is 1. The fourth-order valence-electron chi connectivity index (χ4n) is 3.12. The highest BCUT2D eigenvalue weighted by Gasteiger charge is 2.35. The lowest BCUT2D eigenvalue weighted by atomic mass is 10.1. The Labute approximate surface area is 209 Å². The first-order valence-corrected chi connectivity index (χ1v) is 12.8. The van der Waals surface area contributed by atoms with Crippen LogP contribution in [0.2, 0.25) is 5.02 Å². The highest BCUT2D eigenvalue weighted by Crippen LogP contribution is 2.37. The first kappa shape index (κ1) is 27.9. The van der Waals surface area contributed by atoms with Crippen molar-refractivity contribution in [1.82, 2.24) is 10.2 Å². The van der Waals surface area contributed by atoms with E-state index in [1.165, 1.54) is 14.0 Å². The van der Waals surface area contributed by atoms with Gasteiger partial charge in [0.15, 0.2) is 0 Å². The van der Waals surface area contributed by atoms with Gasteiger partial charge in [-0.1, -0.05) is 39.7 Å². The predicted molar refractivity (Wildman–Crippen MR) is 127 cm³/mol. The molecule has 186 valence electrons. The monoisotopic (exact) mass is 583 g/mol. The Bertz CT molecular complexity index is 1180. The molecular formula is C21H22BrClF3N3O4S. The lowest BCUT2D eigenvalue weighted by Gasteiger charge is -2.31. The molecule has 0 aromatic heterocycles. The summed E-state index contributed by atoms with van der Waals surface area (Å²) in [7, 11) is -2.80. The van der Waals surface area contributed by atoms with Crippen LogP contribution in [-0.2, 0) is 32.3 Å². The van der Waals surface area contributed by atoms with Gasteiger partial charge in [0.05, 0.1) is 22.5 Å². The second-order valence-electron chi connectivity index (χ2n) is 7.37. The summed E-state index contributed by atoms with van der Waals surface area (Å²) < 4.78 is 66.1. The first-order valence-electron chi connectivity index (χ1n) is 9.75. The Balaban J connectivity index is 2.47. The minimum absolute atomic E-state index is 0.0428. The average Bonchev–Trinajstić information content (AvgIpc) is 2.73. The Kier molecular flexibility index (Phi) is 9.00. The first-order chi connectivity index (χ1) is 15.6. The van der Waals surface area contributed by atoms with Gasteiger partial charge in [0.25, 0.3) is 0 Å².